The van der Waals surface area contributed by atoms with Crippen LogP contribution in [0.1, 0.15) is 25.3 Å². The highest BCUT2D eigenvalue weighted by atomic mass is 19.1. The van der Waals surface area contributed by atoms with E-state index in [-0.39, 0.29) is 5.75 Å². The number of ether oxygens (including phenoxy) is 1. The second-order valence-corrected chi connectivity index (χ2v) is 5.27. The second kappa shape index (κ2) is 6.53. The third-order valence-corrected chi connectivity index (χ3v) is 3.53. The van der Waals surface area contributed by atoms with Crippen molar-refractivity contribution >= 4 is 0 Å². The normalized spacial score (nSPS) is 23.4. The van der Waals surface area contributed by atoms with Crippen LogP contribution < -0.4 is 10.1 Å². The van der Waals surface area contributed by atoms with Gasteiger partial charge in [0.25, 0.3) is 0 Å². The van der Waals surface area contributed by atoms with Crippen molar-refractivity contribution in [2.24, 2.45) is 11.8 Å². The molecule has 1 N–H and O–H groups in total. The Labute approximate surface area is 113 Å². The molecule has 0 amide bonds. The minimum Gasteiger partial charge on any atom is -0.490 e. The van der Waals surface area contributed by atoms with Crippen molar-refractivity contribution < 1.29 is 9.13 Å². The van der Waals surface area contributed by atoms with Gasteiger partial charge < -0.3 is 10.1 Å². The summed E-state index contributed by atoms with van der Waals surface area (Å²) in [6.45, 7) is 4.71. The molecule has 2 unspecified atom stereocenters. The number of halogens is 1. The molecule has 1 aliphatic rings. The lowest BCUT2D eigenvalue weighted by atomic mass is 10.0. The number of nitrogens with one attached hydrogen (secondary N) is 1. The molecule has 0 aliphatic carbocycles. The van der Waals surface area contributed by atoms with Crippen LogP contribution >= 0.6 is 0 Å². The van der Waals surface area contributed by atoms with Crippen molar-refractivity contribution in [2.75, 3.05) is 19.7 Å². The molecule has 1 fully saturated rings. The third-order valence-electron chi connectivity index (χ3n) is 3.53. The summed E-state index contributed by atoms with van der Waals surface area (Å²) in [6, 6.07) is 6.22. The van der Waals surface area contributed by atoms with Crippen molar-refractivity contribution in [3.63, 3.8) is 0 Å². The minimum atomic E-state index is -0.464. The van der Waals surface area contributed by atoms with Crippen molar-refractivity contribution in [3.05, 3.63) is 29.6 Å². The molecule has 1 aliphatic heterocycles. The van der Waals surface area contributed by atoms with Crippen LogP contribution in [0.4, 0.5) is 4.39 Å². The van der Waals surface area contributed by atoms with Gasteiger partial charge in [0, 0.05) is 12.5 Å². The summed E-state index contributed by atoms with van der Waals surface area (Å²) in [5.41, 5.74) is 0.315. The average Bonchev–Trinajstić information content (AvgIpc) is 2.62. The topological polar surface area (TPSA) is 45.0 Å². The van der Waals surface area contributed by atoms with E-state index < -0.39 is 5.82 Å². The maximum atomic E-state index is 13.6. The number of benzene rings is 1. The van der Waals surface area contributed by atoms with Gasteiger partial charge >= 0.3 is 0 Å². The molecule has 0 bridgehead atoms. The molecule has 19 heavy (non-hydrogen) atoms. The molecule has 1 aromatic carbocycles. The Morgan fingerprint density at radius 2 is 2.26 bits per heavy atom. The summed E-state index contributed by atoms with van der Waals surface area (Å²) < 4.78 is 19.2. The molecule has 0 spiro atoms. The highest BCUT2D eigenvalue weighted by Crippen LogP contribution is 2.21. The molecule has 1 saturated heterocycles. The van der Waals surface area contributed by atoms with Crippen molar-refractivity contribution in [1.29, 1.82) is 5.26 Å². The van der Waals surface area contributed by atoms with Crippen molar-refractivity contribution in [2.45, 2.75) is 19.8 Å². The van der Waals surface area contributed by atoms with E-state index in [1.54, 1.807) is 6.07 Å². The van der Waals surface area contributed by atoms with Crippen LogP contribution in [0.15, 0.2) is 18.2 Å². The SMILES string of the molecule is CC1CCC(COc2ccc(C#N)cc2F)CNC1. The quantitative estimate of drug-likeness (QED) is 0.911. The van der Waals surface area contributed by atoms with Gasteiger partial charge in [-0.25, -0.2) is 4.39 Å². The summed E-state index contributed by atoms with van der Waals surface area (Å²) in [5.74, 6) is 0.877. The molecule has 0 radical (unpaired) electrons. The average molecular weight is 262 g/mol. The van der Waals surface area contributed by atoms with Crippen LogP contribution in [0.5, 0.6) is 5.75 Å². The van der Waals surface area contributed by atoms with Gasteiger partial charge in [0.1, 0.15) is 0 Å². The van der Waals surface area contributed by atoms with E-state index in [4.69, 9.17) is 10.00 Å². The van der Waals surface area contributed by atoms with Gasteiger partial charge in [-0.3, -0.25) is 0 Å². The summed E-state index contributed by atoms with van der Waals surface area (Å²) in [5, 5.41) is 12.1. The Balaban J connectivity index is 1.90. The van der Waals surface area contributed by atoms with Gasteiger partial charge in [0.2, 0.25) is 0 Å². The number of hydrogen-bond acceptors (Lipinski definition) is 3. The zero-order valence-electron chi connectivity index (χ0n) is 11.2. The summed E-state index contributed by atoms with van der Waals surface area (Å²) >= 11 is 0. The lowest BCUT2D eigenvalue weighted by Gasteiger charge is -2.15. The fourth-order valence-electron chi connectivity index (χ4n) is 2.30. The molecular formula is C15H19FN2O. The first kappa shape index (κ1) is 13.8. The van der Waals surface area contributed by atoms with E-state index in [9.17, 15) is 4.39 Å². The Bertz CT molecular complexity index is 470. The molecule has 0 aromatic heterocycles. The number of hydrogen-bond donors (Lipinski definition) is 1. The molecule has 4 heteroatoms. The highest BCUT2D eigenvalue weighted by Gasteiger charge is 2.17. The number of rotatable bonds is 3. The first-order valence-electron chi connectivity index (χ1n) is 6.72. The van der Waals surface area contributed by atoms with Crippen LogP contribution in [0.2, 0.25) is 0 Å². The van der Waals surface area contributed by atoms with Gasteiger partial charge in [-0.15, -0.1) is 0 Å². The van der Waals surface area contributed by atoms with Crippen LogP contribution in [-0.2, 0) is 0 Å². The molecule has 1 aromatic rings. The van der Waals surface area contributed by atoms with Gasteiger partial charge in [0.05, 0.1) is 18.2 Å². The monoisotopic (exact) mass is 262 g/mol. The lowest BCUT2D eigenvalue weighted by Crippen LogP contribution is -2.26. The Kier molecular flexibility index (Phi) is 4.75. The predicted molar refractivity (Wildman–Crippen MR) is 71.4 cm³/mol. The Hall–Kier alpha value is -1.60. The Morgan fingerprint density at radius 3 is 3.00 bits per heavy atom. The molecule has 2 atom stereocenters. The first-order chi connectivity index (χ1) is 9.19. The largest absolute Gasteiger partial charge is 0.490 e. The fourth-order valence-corrected chi connectivity index (χ4v) is 2.30. The fraction of sp³-hybridized carbons (Fsp3) is 0.533. The number of nitrogens with zero attached hydrogens (tertiary/aromatic N) is 1. The lowest BCUT2D eigenvalue weighted by molar-refractivity contribution is 0.231. The summed E-state index contributed by atoms with van der Waals surface area (Å²) in [4.78, 5) is 0. The van der Waals surface area contributed by atoms with Crippen LogP contribution in [0, 0.1) is 29.0 Å². The predicted octanol–water partition coefficient (Wildman–Crippen LogP) is 2.71. The van der Waals surface area contributed by atoms with Gasteiger partial charge in [0.15, 0.2) is 11.6 Å². The number of nitriles is 1. The van der Waals surface area contributed by atoms with Gasteiger partial charge in [-0.1, -0.05) is 6.92 Å². The highest BCUT2D eigenvalue weighted by molar-refractivity contribution is 5.35. The van der Waals surface area contributed by atoms with E-state index in [0.717, 1.165) is 19.5 Å². The second-order valence-electron chi connectivity index (χ2n) is 5.27. The molecule has 0 saturated carbocycles. The molecule has 1 heterocycles. The summed E-state index contributed by atoms with van der Waals surface area (Å²) in [7, 11) is 0. The van der Waals surface area contributed by atoms with E-state index >= 15 is 0 Å². The molecule has 2 rings (SSSR count). The van der Waals surface area contributed by atoms with E-state index in [1.807, 2.05) is 6.07 Å². The molecule has 3 nitrogen and oxygen atoms in total. The summed E-state index contributed by atoms with van der Waals surface area (Å²) in [6.07, 6.45) is 2.28. The van der Waals surface area contributed by atoms with Crippen LogP contribution in [0.3, 0.4) is 0 Å². The van der Waals surface area contributed by atoms with E-state index in [0.29, 0.717) is 24.0 Å². The van der Waals surface area contributed by atoms with Crippen LogP contribution in [-0.4, -0.2) is 19.7 Å². The van der Waals surface area contributed by atoms with Crippen molar-refractivity contribution in [1.82, 2.24) is 5.32 Å². The third kappa shape index (κ3) is 3.93. The first-order valence-corrected chi connectivity index (χ1v) is 6.72. The van der Waals surface area contributed by atoms with Gasteiger partial charge in [-0.2, -0.15) is 5.26 Å². The van der Waals surface area contributed by atoms with E-state index in [2.05, 4.69) is 12.2 Å². The molecule has 102 valence electrons. The molecular weight excluding hydrogens is 243 g/mol. The maximum Gasteiger partial charge on any atom is 0.166 e. The smallest absolute Gasteiger partial charge is 0.166 e. The minimum absolute atomic E-state index is 0.233. The van der Waals surface area contributed by atoms with Crippen LogP contribution in [0.25, 0.3) is 0 Å². The van der Waals surface area contributed by atoms with E-state index in [1.165, 1.54) is 18.6 Å². The maximum absolute atomic E-state index is 13.6. The zero-order chi connectivity index (χ0) is 13.7. The Morgan fingerprint density at radius 1 is 1.42 bits per heavy atom. The standard InChI is InChI=1S/C15H19FN2O/c1-11-2-3-13(9-18-8-11)10-19-15-5-4-12(7-17)6-14(15)16/h4-6,11,13,18H,2-3,8-10H2,1H3. The van der Waals surface area contributed by atoms with Crippen molar-refractivity contribution in [3.8, 4) is 11.8 Å². The van der Waals surface area contributed by atoms with Gasteiger partial charge in [-0.05, 0) is 43.5 Å². The zero-order valence-corrected chi connectivity index (χ0v) is 11.2.